The van der Waals surface area contributed by atoms with Gasteiger partial charge in [0.15, 0.2) is 0 Å². The van der Waals surface area contributed by atoms with Crippen LogP contribution in [-0.4, -0.2) is 54.7 Å². The van der Waals surface area contributed by atoms with E-state index in [4.69, 9.17) is 18.9 Å². The fraction of sp³-hybridized carbons (Fsp3) is 0.500. The van der Waals surface area contributed by atoms with Gasteiger partial charge in [-0.2, -0.15) is 0 Å². The molecule has 0 radical (unpaired) electrons. The van der Waals surface area contributed by atoms with Crippen molar-refractivity contribution in [3.05, 3.63) is 108 Å². The zero-order valence-electron chi connectivity index (χ0n) is 26.7. The van der Waals surface area contributed by atoms with Crippen LogP contribution in [0.5, 0.6) is 0 Å². The molecule has 7 nitrogen and oxygen atoms in total. The number of unbranched alkanes of at least 4 members (excludes halogenated alkanes) is 5. The van der Waals surface area contributed by atoms with Crippen LogP contribution in [0.3, 0.4) is 0 Å². The van der Waals surface area contributed by atoms with Crippen molar-refractivity contribution >= 4 is 5.91 Å². The van der Waals surface area contributed by atoms with Crippen LogP contribution in [0.4, 0.5) is 0 Å². The predicted octanol–water partition coefficient (Wildman–Crippen LogP) is 6.76. The van der Waals surface area contributed by atoms with Crippen molar-refractivity contribution in [2.24, 2.45) is 0 Å². The maximum Gasteiger partial charge on any atom is 0.220 e. The molecule has 3 aromatic rings. The summed E-state index contributed by atoms with van der Waals surface area (Å²) in [5, 5.41) is 13.6. The summed E-state index contributed by atoms with van der Waals surface area (Å²) in [7, 11) is 0. The lowest BCUT2D eigenvalue weighted by atomic mass is 9.91. The number of nitrogens with one attached hydrogen (secondary N) is 1. The highest BCUT2D eigenvalue weighted by Gasteiger charge is 2.48. The molecule has 244 valence electrons. The number of hydrogen-bond acceptors (Lipinski definition) is 6. The molecule has 1 amide bonds. The Morgan fingerprint density at radius 2 is 1.13 bits per heavy atom. The molecule has 1 heterocycles. The van der Waals surface area contributed by atoms with Crippen molar-refractivity contribution in [1.82, 2.24) is 5.32 Å². The number of hydrogen-bond donors (Lipinski definition) is 2. The summed E-state index contributed by atoms with van der Waals surface area (Å²) in [5.41, 5.74) is 3.07. The Bertz CT molecular complexity index is 1190. The first-order chi connectivity index (χ1) is 22.2. The van der Waals surface area contributed by atoms with Crippen LogP contribution >= 0.6 is 0 Å². The van der Waals surface area contributed by atoms with E-state index < -0.39 is 30.5 Å². The number of ether oxygens (including phenoxy) is 4. The third-order valence-electron chi connectivity index (χ3n) is 8.27. The first-order valence-electron chi connectivity index (χ1n) is 16.7. The second-order valence-corrected chi connectivity index (χ2v) is 11.8. The topological polar surface area (TPSA) is 86.3 Å². The maximum atomic E-state index is 12.9. The number of benzene rings is 3. The smallest absolute Gasteiger partial charge is 0.220 e. The zero-order valence-corrected chi connectivity index (χ0v) is 26.7. The molecule has 0 spiro atoms. The fourth-order valence-corrected chi connectivity index (χ4v) is 5.76. The van der Waals surface area contributed by atoms with Gasteiger partial charge in [-0.25, -0.2) is 0 Å². The number of aliphatic hydroxyl groups excluding tert-OH is 1. The highest BCUT2D eigenvalue weighted by molar-refractivity contribution is 5.75. The van der Waals surface area contributed by atoms with Gasteiger partial charge in [0.1, 0.15) is 24.4 Å². The maximum absolute atomic E-state index is 12.9. The molecule has 3 aromatic carbocycles. The quantitative estimate of drug-likeness (QED) is 0.136. The average molecular weight is 618 g/mol. The molecule has 0 unspecified atom stereocenters. The molecule has 1 saturated heterocycles. The molecule has 5 atom stereocenters. The molecule has 45 heavy (non-hydrogen) atoms. The largest absolute Gasteiger partial charge is 0.394 e. The third kappa shape index (κ3) is 12.0. The molecule has 1 aliphatic rings. The molecule has 0 saturated carbocycles. The summed E-state index contributed by atoms with van der Waals surface area (Å²) in [4.78, 5) is 12.9. The van der Waals surface area contributed by atoms with E-state index in [1.165, 1.54) is 25.7 Å². The van der Waals surface area contributed by atoms with Gasteiger partial charge in [0.05, 0.1) is 32.5 Å². The van der Waals surface area contributed by atoms with Gasteiger partial charge in [0.2, 0.25) is 5.91 Å². The van der Waals surface area contributed by atoms with E-state index in [2.05, 4.69) is 12.2 Å². The van der Waals surface area contributed by atoms with Crippen molar-refractivity contribution in [3.8, 4) is 0 Å². The van der Waals surface area contributed by atoms with E-state index in [0.29, 0.717) is 39.2 Å². The summed E-state index contributed by atoms with van der Waals surface area (Å²) < 4.78 is 26.2. The molecular formula is C38H51NO6. The fourth-order valence-electron chi connectivity index (χ4n) is 5.76. The van der Waals surface area contributed by atoms with E-state index >= 15 is 0 Å². The summed E-state index contributed by atoms with van der Waals surface area (Å²) in [6, 6.07) is 29.9. The highest BCUT2D eigenvalue weighted by Crippen LogP contribution is 2.32. The number of carbonyl (C=O) groups is 1. The normalized spacial score (nSPS) is 21.4. The van der Waals surface area contributed by atoms with Gasteiger partial charge in [-0.1, -0.05) is 130 Å². The van der Waals surface area contributed by atoms with Gasteiger partial charge >= 0.3 is 0 Å². The first kappa shape index (κ1) is 34.8. The van der Waals surface area contributed by atoms with Gasteiger partial charge in [-0.15, -0.1) is 0 Å². The van der Waals surface area contributed by atoms with E-state index in [1.54, 1.807) is 0 Å². The average Bonchev–Trinajstić information content (AvgIpc) is 3.09. The number of aliphatic hydroxyl groups is 1. The lowest BCUT2D eigenvalue weighted by Gasteiger charge is -2.46. The Hall–Kier alpha value is -3.07. The van der Waals surface area contributed by atoms with E-state index in [-0.39, 0.29) is 12.5 Å². The molecular weight excluding hydrogens is 566 g/mol. The minimum atomic E-state index is -0.637. The van der Waals surface area contributed by atoms with E-state index in [0.717, 1.165) is 29.5 Å². The summed E-state index contributed by atoms with van der Waals surface area (Å²) in [5.74, 6) is -0.00118. The summed E-state index contributed by atoms with van der Waals surface area (Å²) in [6.07, 6.45) is 5.05. The number of carbonyl (C=O) groups excluding carboxylic acids is 1. The number of amides is 1. The van der Waals surface area contributed by atoms with Crippen LogP contribution in [-0.2, 0) is 43.6 Å². The molecule has 7 heteroatoms. The van der Waals surface area contributed by atoms with Crippen molar-refractivity contribution in [2.45, 2.75) is 109 Å². The lowest BCUT2D eigenvalue weighted by molar-refractivity contribution is -0.270. The Labute approximate surface area is 269 Å². The molecule has 2 N–H and O–H groups in total. The van der Waals surface area contributed by atoms with Crippen LogP contribution in [0.2, 0.25) is 0 Å². The lowest BCUT2D eigenvalue weighted by Crippen LogP contribution is -2.61. The molecule has 4 rings (SSSR count). The van der Waals surface area contributed by atoms with Crippen LogP contribution in [0.25, 0.3) is 0 Å². The summed E-state index contributed by atoms with van der Waals surface area (Å²) in [6.45, 7) is 3.71. The van der Waals surface area contributed by atoms with Gasteiger partial charge in [0, 0.05) is 13.0 Å². The molecule has 0 aromatic heterocycles. The predicted molar refractivity (Wildman–Crippen MR) is 176 cm³/mol. The minimum Gasteiger partial charge on any atom is -0.394 e. The second-order valence-electron chi connectivity index (χ2n) is 11.8. The van der Waals surface area contributed by atoms with Crippen molar-refractivity contribution in [2.75, 3.05) is 13.2 Å². The Kier molecular flexibility index (Phi) is 15.6. The first-order valence-corrected chi connectivity index (χ1v) is 16.7. The minimum absolute atomic E-state index is 0.00118. The van der Waals surface area contributed by atoms with E-state index in [9.17, 15) is 9.90 Å². The Morgan fingerprint density at radius 3 is 1.64 bits per heavy atom. The standard InChI is InChI=1S/C38H51NO6/c1-2-3-4-5-6-16-25-39-35(41)24-23-33-36(42-27-30-17-10-7-11-18-30)38(44-29-32-21-14-9-15-22-32)37(34(26-40)45-33)43-28-31-19-12-8-13-20-31/h7-15,17-22,33-34,36-38,40H,2-6,16,23-29H2,1H3,(H,39,41)/t33-,34-,36+,37-,38-/m1/s1. The second kappa shape index (κ2) is 20.1. The van der Waals surface area contributed by atoms with Crippen molar-refractivity contribution < 1.29 is 28.8 Å². The zero-order chi connectivity index (χ0) is 31.5. The van der Waals surface area contributed by atoms with Crippen LogP contribution < -0.4 is 5.32 Å². The van der Waals surface area contributed by atoms with Gasteiger partial charge < -0.3 is 29.4 Å². The molecule has 1 aliphatic heterocycles. The van der Waals surface area contributed by atoms with Gasteiger partial charge in [-0.05, 0) is 29.5 Å². The Morgan fingerprint density at radius 1 is 0.667 bits per heavy atom. The van der Waals surface area contributed by atoms with Crippen molar-refractivity contribution in [1.29, 1.82) is 0 Å². The van der Waals surface area contributed by atoms with Crippen molar-refractivity contribution in [3.63, 3.8) is 0 Å². The highest BCUT2D eigenvalue weighted by atomic mass is 16.6. The number of rotatable bonds is 20. The van der Waals surface area contributed by atoms with E-state index in [1.807, 2.05) is 91.0 Å². The van der Waals surface area contributed by atoms with Gasteiger partial charge in [-0.3, -0.25) is 4.79 Å². The Balaban J connectivity index is 1.48. The third-order valence-corrected chi connectivity index (χ3v) is 8.27. The molecule has 1 fully saturated rings. The van der Waals surface area contributed by atoms with Crippen LogP contribution in [0.15, 0.2) is 91.0 Å². The SMILES string of the molecule is CCCCCCCCNC(=O)CC[C@H]1O[C@H](CO)[C@@H](OCc2ccccc2)[C@H](OCc2ccccc2)[C@H]1OCc1ccccc1. The van der Waals surface area contributed by atoms with Crippen LogP contribution in [0, 0.1) is 0 Å². The molecule has 0 aliphatic carbocycles. The molecule has 0 bridgehead atoms. The monoisotopic (exact) mass is 617 g/mol. The summed E-state index contributed by atoms with van der Waals surface area (Å²) >= 11 is 0. The van der Waals surface area contributed by atoms with Gasteiger partial charge in [0.25, 0.3) is 0 Å². The van der Waals surface area contributed by atoms with Crippen LogP contribution in [0.1, 0.15) is 75.0 Å².